The third-order valence-corrected chi connectivity index (χ3v) is 6.63. The minimum Gasteiger partial charge on any atom is -0.481 e. The number of aryl methyl sites for hydroxylation is 1. The molecule has 2 aromatic heterocycles. The number of pyridine rings is 1. The topological polar surface area (TPSA) is 93.5 Å². The van der Waals surface area contributed by atoms with Gasteiger partial charge in [0.25, 0.3) is 0 Å². The molecule has 7 nitrogen and oxygen atoms in total. The number of carbonyl (C=O) groups is 2. The number of benzene rings is 2. The van der Waals surface area contributed by atoms with Crippen LogP contribution >= 0.6 is 11.6 Å². The molecule has 0 radical (unpaired) electrons. The molecule has 4 rings (SSSR count). The number of carbonyl (C=O) groups excluding carboxylic acids is 1. The van der Waals surface area contributed by atoms with Gasteiger partial charge in [-0.25, -0.2) is 9.78 Å². The summed E-state index contributed by atoms with van der Waals surface area (Å²) in [6.07, 6.45) is 2.98. The third-order valence-electron chi connectivity index (χ3n) is 6.28. The lowest BCUT2D eigenvalue weighted by atomic mass is 9.95. The maximum atomic E-state index is 12.7. The molecule has 0 saturated heterocycles. The Morgan fingerprint density at radius 1 is 1.05 bits per heavy atom. The first kappa shape index (κ1) is 26.0. The average Bonchev–Trinajstić information content (AvgIpc) is 3.24. The number of aliphatic carboxylic acids is 1. The van der Waals surface area contributed by atoms with Crippen LogP contribution in [0.3, 0.4) is 0 Å². The van der Waals surface area contributed by atoms with Gasteiger partial charge in [-0.15, -0.1) is 0 Å². The number of carboxylic acid groups (broad SMARTS) is 1. The van der Waals surface area contributed by atoms with Crippen molar-refractivity contribution in [3.63, 3.8) is 0 Å². The van der Waals surface area contributed by atoms with Crippen LogP contribution in [0.15, 0.2) is 79.1 Å². The highest BCUT2D eigenvalue weighted by atomic mass is 35.5. The summed E-state index contributed by atoms with van der Waals surface area (Å²) in [4.78, 5) is 28.7. The number of ether oxygens (including phenoxy) is 1. The van der Waals surface area contributed by atoms with Gasteiger partial charge in [0, 0.05) is 28.5 Å². The van der Waals surface area contributed by atoms with Crippen molar-refractivity contribution in [2.24, 2.45) is 0 Å². The molecule has 2 atom stereocenters. The average molecular weight is 518 g/mol. The highest BCUT2D eigenvalue weighted by molar-refractivity contribution is 6.31. The van der Waals surface area contributed by atoms with Gasteiger partial charge in [0.05, 0.1) is 5.92 Å². The molecule has 0 aliphatic rings. The maximum absolute atomic E-state index is 12.7. The SMILES string of the molecule is CCC(C(=O)O)c1ccc(-c2ccc(-n3ccc(C)c3NC(=O)OC(C)c3ccccc3Cl)nc2)cc1. The molecule has 190 valence electrons. The second-order valence-electron chi connectivity index (χ2n) is 8.74. The number of hydrogen-bond donors (Lipinski definition) is 2. The molecule has 2 aromatic carbocycles. The fourth-order valence-electron chi connectivity index (χ4n) is 4.19. The second-order valence-corrected chi connectivity index (χ2v) is 9.14. The van der Waals surface area contributed by atoms with Crippen LogP contribution in [0.1, 0.15) is 49.0 Å². The number of rotatable bonds is 8. The lowest BCUT2D eigenvalue weighted by Crippen LogP contribution is -2.18. The van der Waals surface area contributed by atoms with Gasteiger partial charge in [0.2, 0.25) is 0 Å². The molecular weight excluding hydrogens is 490 g/mol. The van der Waals surface area contributed by atoms with Gasteiger partial charge < -0.3 is 9.84 Å². The van der Waals surface area contributed by atoms with Crippen LogP contribution in [0, 0.1) is 6.92 Å². The van der Waals surface area contributed by atoms with Crippen LogP contribution in [0.2, 0.25) is 5.02 Å². The Balaban J connectivity index is 1.49. The van der Waals surface area contributed by atoms with Gasteiger partial charge in [0.1, 0.15) is 17.7 Å². The molecule has 2 heterocycles. The van der Waals surface area contributed by atoms with Gasteiger partial charge in [-0.2, -0.15) is 0 Å². The molecule has 2 unspecified atom stereocenters. The molecule has 0 aliphatic carbocycles. The first-order valence-electron chi connectivity index (χ1n) is 12.0. The van der Waals surface area contributed by atoms with E-state index in [1.165, 1.54) is 0 Å². The van der Waals surface area contributed by atoms with Crippen LogP contribution < -0.4 is 5.32 Å². The monoisotopic (exact) mass is 517 g/mol. The van der Waals surface area contributed by atoms with Gasteiger partial charge in [0.15, 0.2) is 0 Å². The zero-order valence-electron chi connectivity index (χ0n) is 20.8. The lowest BCUT2D eigenvalue weighted by molar-refractivity contribution is -0.138. The number of aromatic nitrogens is 2. The number of nitrogens with one attached hydrogen (secondary N) is 1. The molecule has 0 spiro atoms. The third kappa shape index (κ3) is 5.84. The van der Waals surface area contributed by atoms with Crippen LogP contribution in [0.25, 0.3) is 16.9 Å². The molecule has 0 fully saturated rings. The normalized spacial score (nSPS) is 12.5. The Morgan fingerprint density at radius 2 is 1.76 bits per heavy atom. The van der Waals surface area contributed by atoms with Gasteiger partial charge in [-0.1, -0.05) is 61.0 Å². The van der Waals surface area contributed by atoms with Crippen molar-refractivity contribution < 1.29 is 19.4 Å². The number of nitrogens with zero attached hydrogens (tertiary/aromatic N) is 2. The first-order valence-corrected chi connectivity index (χ1v) is 12.4. The Hall–Kier alpha value is -4.10. The predicted octanol–water partition coefficient (Wildman–Crippen LogP) is 7.39. The summed E-state index contributed by atoms with van der Waals surface area (Å²) in [6, 6.07) is 20.4. The van der Waals surface area contributed by atoms with Crippen molar-refractivity contribution >= 4 is 29.5 Å². The van der Waals surface area contributed by atoms with Crippen molar-refractivity contribution in [2.45, 2.75) is 39.2 Å². The second kappa shape index (κ2) is 11.3. The highest BCUT2D eigenvalue weighted by Gasteiger charge is 2.19. The van der Waals surface area contributed by atoms with E-state index in [4.69, 9.17) is 16.3 Å². The van der Waals surface area contributed by atoms with E-state index in [0.29, 0.717) is 23.1 Å². The van der Waals surface area contributed by atoms with Crippen molar-refractivity contribution in [2.75, 3.05) is 5.32 Å². The number of anilines is 1. The van der Waals surface area contributed by atoms with Gasteiger partial charge >= 0.3 is 12.1 Å². The van der Waals surface area contributed by atoms with E-state index in [1.807, 2.05) is 80.7 Å². The van der Waals surface area contributed by atoms with Crippen LogP contribution in [0.5, 0.6) is 0 Å². The molecule has 4 aromatic rings. The van der Waals surface area contributed by atoms with Crippen LogP contribution in [-0.4, -0.2) is 26.7 Å². The molecule has 8 heteroatoms. The largest absolute Gasteiger partial charge is 0.481 e. The smallest absolute Gasteiger partial charge is 0.413 e. The number of halogens is 1. The van der Waals surface area contributed by atoms with Crippen molar-refractivity contribution in [3.05, 3.63) is 101 Å². The van der Waals surface area contributed by atoms with E-state index in [1.54, 1.807) is 23.8 Å². The highest BCUT2D eigenvalue weighted by Crippen LogP contribution is 2.28. The number of carboxylic acids is 1. The lowest BCUT2D eigenvalue weighted by Gasteiger charge is -2.17. The summed E-state index contributed by atoms with van der Waals surface area (Å²) in [5.41, 5.74) is 4.18. The minimum absolute atomic E-state index is 0.517. The molecule has 0 aliphatic heterocycles. The zero-order valence-corrected chi connectivity index (χ0v) is 21.6. The Morgan fingerprint density at radius 3 is 2.38 bits per heavy atom. The predicted molar refractivity (Wildman–Crippen MR) is 144 cm³/mol. The first-order chi connectivity index (χ1) is 17.8. The Kier molecular flexibility index (Phi) is 7.94. The number of hydrogen-bond acceptors (Lipinski definition) is 4. The zero-order chi connectivity index (χ0) is 26.5. The van der Waals surface area contributed by atoms with Crippen LogP contribution in [0.4, 0.5) is 10.6 Å². The molecule has 2 N–H and O–H groups in total. The van der Waals surface area contributed by atoms with Crippen LogP contribution in [-0.2, 0) is 9.53 Å². The summed E-state index contributed by atoms with van der Waals surface area (Å²) in [5.74, 6) is -0.160. The van der Waals surface area contributed by atoms with E-state index in [-0.39, 0.29) is 0 Å². The van der Waals surface area contributed by atoms with E-state index in [0.717, 1.165) is 27.8 Å². The van der Waals surface area contributed by atoms with E-state index in [2.05, 4.69) is 10.3 Å². The van der Waals surface area contributed by atoms with Crippen molar-refractivity contribution in [3.8, 4) is 16.9 Å². The molecule has 0 saturated carbocycles. The van der Waals surface area contributed by atoms with Crippen molar-refractivity contribution in [1.29, 1.82) is 0 Å². The molecular formula is C29H28ClN3O4. The summed E-state index contributed by atoms with van der Waals surface area (Å²) in [5, 5.41) is 12.7. The van der Waals surface area contributed by atoms with E-state index >= 15 is 0 Å². The maximum Gasteiger partial charge on any atom is 0.413 e. The minimum atomic E-state index is -0.824. The fraction of sp³-hybridized carbons (Fsp3) is 0.207. The summed E-state index contributed by atoms with van der Waals surface area (Å²) >= 11 is 6.23. The molecule has 1 amide bonds. The van der Waals surface area contributed by atoms with Gasteiger partial charge in [-0.05, 0) is 61.2 Å². The molecule has 37 heavy (non-hydrogen) atoms. The fourth-order valence-corrected chi connectivity index (χ4v) is 4.48. The van der Waals surface area contributed by atoms with E-state index in [9.17, 15) is 14.7 Å². The summed E-state index contributed by atoms with van der Waals surface area (Å²) < 4.78 is 7.34. The molecule has 0 bridgehead atoms. The van der Waals surface area contributed by atoms with Crippen molar-refractivity contribution in [1.82, 2.24) is 9.55 Å². The summed E-state index contributed by atoms with van der Waals surface area (Å²) in [6.45, 7) is 5.52. The Labute approximate surface area is 220 Å². The summed E-state index contributed by atoms with van der Waals surface area (Å²) in [7, 11) is 0. The number of amides is 1. The van der Waals surface area contributed by atoms with E-state index < -0.39 is 24.1 Å². The standard InChI is InChI=1S/C29H28ClN3O4/c1-4-23(28(34)35)21-11-9-20(10-12-21)22-13-14-26(31-17-22)33-16-15-18(2)27(33)32-29(36)37-19(3)24-7-5-6-8-25(24)30/h5-17,19,23H,4H2,1-3H3,(H,32,36)(H,34,35). The Bertz CT molecular complexity index is 1400. The quantitative estimate of drug-likeness (QED) is 0.254. The van der Waals surface area contributed by atoms with Gasteiger partial charge in [-0.3, -0.25) is 14.7 Å².